The monoisotopic (exact) mass is 246 g/mol. The summed E-state index contributed by atoms with van der Waals surface area (Å²) in [5.74, 6) is 0. The largest absolute Gasteiger partial charge is 0.371 e. The molecule has 2 nitrogen and oxygen atoms in total. The normalized spacial score (nSPS) is 18.8. The van der Waals surface area contributed by atoms with Crippen LogP contribution in [0.5, 0.6) is 0 Å². The van der Waals surface area contributed by atoms with E-state index in [9.17, 15) is 0 Å². The van der Waals surface area contributed by atoms with E-state index in [-0.39, 0.29) is 0 Å². The fourth-order valence-electron chi connectivity index (χ4n) is 3.06. The van der Waals surface area contributed by atoms with E-state index in [1.807, 2.05) is 6.08 Å². The van der Waals surface area contributed by atoms with Crippen molar-refractivity contribution in [3.63, 3.8) is 0 Å². The molecule has 0 amide bonds. The first kappa shape index (κ1) is 14.8. The van der Waals surface area contributed by atoms with E-state index in [1.165, 1.54) is 44.5 Å². The quantitative estimate of drug-likeness (QED) is 0.627. The zero-order valence-corrected chi connectivity index (χ0v) is 12.1. The van der Waals surface area contributed by atoms with Crippen LogP contribution in [0.2, 0.25) is 0 Å². The van der Waals surface area contributed by atoms with Gasteiger partial charge in [-0.1, -0.05) is 38.8 Å². The Balaban J connectivity index is 2.54. The van der Waals surface area contributed by atoms with Crippen molar-refractivity contribution in [1.82, 2.24) is 4.90 Å². The van der Waals surface area contributed by atoms with Crippen LogP contribution in [-0.2, 0) is 0 Å². The van der Waals surface area contributed by atoms with Gasteiger partial charge in [0.25, 0.3) is 0 Å². The number of hydrogen-bond acceptors (Lipinski definition) is 2. The predicted octanol–water partition coefficient (Wildman–Crippen LogP) is 4.26. The summed E-state index contributed by atoms with van der Waals surface area (Å²) in [4.78, 5) is 2.44. The summed E-state index contributed by atoms with van der Waals surface area (Å²) in [7, 11) is 0. The van der Waals surface area contributed by atoms with Crippen molar-refractivity contribution in [1.29, 1.82) is 5.26 Å². The van der Waals surface area contributed by atoms with Gasteiger partial charge in [-0.2, -0.15) is 5.26 Å². The molecule has 0 atom stereocenters. The van der Waals surface area contributed by atoms with Crippen molar-refractivity contribution < 1.29 is 0 Å². The molecule has 0 aromatic rings. The molecule has 2 heteroatoms. The van der Waals surface area contributed by atoms with Gasteiger partial charge in [-0.15, -0.1) is 0 Å². The Bertz CT molecular complexity index is 333. The SMILES string of the molecule is C/C=C(\C=C/CC#N)N1CC(CCC)(CCC)C1. The van der Waals surface area contributed by atoms with Crippen LogP contribution in [0.25, 0.3) is 0 Å². The second kappa shape index (κ2) is 7.26. The molecule has 0 N–H and O–H groups in total. The smallest absolute Gasteiger partial charge is 0.0663 e. The summed E-state index contributed by atoms with van der Waals surface area (Å²) in [5, 5.41) is 8.55. The molecule has 1 saturated heterocycles. The average Bonchev–Trinajstić information content (AvgIpc) is 2.32. The van der Waals surface area contributed by atoms with Gasteiger partial charge in [0.05, 0.1) is 12.5 Å². The van der Waals surface area contributed by atoms with Gasteiger partial charge < -0.3 is 4.90 Å². The van der Waals surface area contributed by atoms with E-state index in [2.05, 4.69) is 43.9 Å². The molecule has 1 rings (SSSR count). The lowest BCUT2D eigenvalue weighted by Gasteiger charge is -2.52. The first-order valence-electron chi connectivity index (χ1n) is 7.16. The van der Waals surface area contributed by atoms with Crippen molar-refractivity contribution in [3.05, 3.63) is 23.9 Å². The summed E-state index contributed by atoms with van der Waals surface area (Å²) in [6.07, 6.45) is 11.9. The van der Waals surface area contributed by atoms with Crippen LogP contribution < -0.4 is 0 Å². The Hall–Kier alpha value is -1.23. The zero-order valence-electron chi connectivity index (χ0n) is 12.1. The minimum atomic E-state index is 0.500. The Morgan fingerprint density at radius 1 is 1.28 bits per heavy atom. The van der Waals surface area contributed by atoms with Crippen LogP contribution in [0.1, 0.15) is 52.9 Å². The van der Waals surface area contributed by atoms with E-state index in [0.29, 0.717) is 11.8 Å². The van der Waals surface area contributed by atoms with Gasteiger partial charge in [0, 0.05) is 24.2 Å². The first-order chi connectivity index (χ1) is 8.71. The average molecular weight is 246 g/mol. The lowest BCUT2D eigenvalue weighted by molar-refractivity contribution is 0.0147. The fraction of sp³-hybridized carbons (Fsp3) is 0.688. The third-order valence-electron chi connectivity index (χ3n) is 3.77. The number of nitrogens with zero attached hydrogens (tertiary/aromatic N) is 2. The molecule has 0 radical (unpaired) electrons. The van der Waals surface area contributed by atoms with E-state index in [4.69, 9.17) is 5.26 Å². The highest BCUT2D eigenvalue weighted by molar-refractivity contribution is 5.21. The molecular weight excluding hydrogens is 220 g/mol. The fourth-order valence-corrected chi connectivity index (χ4v) is 3.06. The molecule has 100 valence electrons. The summed E-state index contributed by atoms with van der Waals surface area (Å²) in [6, 6.07) is 2.15. The number of nitriles is 1. The van der Waals surface area contributed by atoms with E-state index < -0.39 is 0 Å². The summed E-state index contributed by atoms with van der Waals surface area (Å²) < 4.78 is 0. The van der Waals surface area contributed by atoms with Crippen LogP contribution in [0.4, 0.5) is 0 Å². The zero-order chi connectivity index (χ0) is 13.4. The molecule has 0 saturated carbocycles. The molecule has 18 heavy (non-hydrogen) atoms. The molecule has 0 aromatic carbocycles. The minimum absolute atomic E-state index is 0.500. The highest BCUT2D eigenvalue weighted by Crippen LogP contribution is 2.41. The Morgan fingerprint density at radius 2 is 1.89 bits per heavy atom. The second-order valence-corrected chi connectivity index (χ2v) is 5.33. The van der Waals surface area contributed by atoms with Crippen LogP contribution in [0.15, 0.2) is 23.9 Å². The number of rotatable bonds is 7. The Labute approximate surface area is 112 Å². The van der Waals surface area contributed by atoms with Gasteiger partial charge in [0.2, 0.25) is 0 Å². The summed E-state index contributed by atoms with van der Waals surface area (Å²) >= 11 is 0. The van der Waals surface area contributed by atoms with Gasteiger partial charge in [0.15, 0.2) is 0 Å². The molecule has 0 bridgehead atoms. The van der Waals surface area contributed by atoms with E-state index in [0.717, 1.165) is 0 Å². The van der Waals surface area contributed by atoms with Crippen molar-refractivity contribution in [2.24, 2.45) is 5.41 Å². The van der Waals surface area contributed by atoms with Crippen LogP contribution in [-0.4, -0.2) is 18.0 Å². The van der Waals surface area contributed by atoms with Gasteiger partial charge in [-0.25, -0.2) is 0 Å². The summed E-state index contributed by atoms with van der Waals surface area (Å²) in [6.45, 7) is 9.01. The molecule has 1 fully saturated rings. The third kappa shape index (κ3) is 3.63. The molecule has 1 aliphatic rings. The molecular formula is C16H26N2. The number of hydrogen-bond donors (Lipinski definition) is 0. The van der Waals surface area contributed by atoms with Crippen LogP contribution in [0.3, 0.4) is 0 Å². The van der Waals surface area contributed by atoms with Crippen LogP contribution >= 0.6 is 0 Å². The summed E-state index contributed by atoms with van der Waals surface area (Å²) in [5.41, 5.74) is 1.83. The maximum absolute atomic E-state index is 8.55. The van der Waals surface area contributed by atoms with Gasteiger partial charge in [0.1, 0.15) is 0 Å². The third-order valence-corrected chi connectivity index (χ3v) is 3.77. The maximum Gasteiger partial charge on any atom is 0.0663 e. The predicted molar refractivity (Wildman–Crippen MR) is 76.9 cm³/mol. The van der Waals surface area contributed by atoms with E-state index >= 15 is 0 Å². The van der Waals surface area contributed by atoms with Crippen molar-refractivity contribution in [3.8, 4) is 6.07 Å². The van der Waals surface area contributed by atoms with Gasteiger partial charge in [-0.05, 0) is 25.8 Å². The van der Waals surface area contributed by atoms with Gasteiger partial charge >= 0.3 is 0 Å². The number of likely N-dealkylation sites (tertiary alicyclic amines) is 1. The van der Waals surface area contributed by atoms with Crippen molar-refractivity contribution in [2.45, 2.75) is 52.9 Å². The minimum Gasteiger partial charge on any atom is -0.371 e. The Morgan fingerprint density at radius 3 is 2.33 bits per heavy atom. The maximum atomic E-state index is 8.55. The molecule has 0 unspecified atom stereocenters. The molecule has 1 heterocycles. The van der Waals surface area contributed by atoms with Crippen molar-refractivity contribution >= 4 is 0 Å². The standard InChI is InChI=1S/C16H26N2/c1-4-10-16(11-5-2)13-18(14-16)15(6-3)9-7-8-12-17/h6-7,9H,4-5,8,10-11,13-14H2,1-3H3/b9-7-,15-6+. The first-order valence-corrected chi connectivity index (χ1v) is 7.16. The molecule has 0 aliphatic carbocycles. The molecule has 0 aromatic heterocycles. The van der Waals surface area contributed by atoms with Crippen molar-refractivity contribution in [2.75, 3.05) is 13.1 Å². The molecule has 0 spiro atoms. The van der Waals surface area contributed by atoms with Gasteiger partial charge in [-0.3, -0.25) is 0 Å². The Kier molecular flexibility index (Phi) is 5.98. The highest BCUT2D eigenvalue weighted by Gasteiger charge is 2.41. The highest BCUT2D eigenvalue weighted by atomic mass is 15.2. The van der Waals surface area contributed by atoms with E-state index in [1.54, 1.807) is 0 Å². The second-order valence-electron chi connectivity index (χ2n) is 5.33. The lowest BCUT2D eigenvalue weighted by Crippen LogP contribution is -2.55. The molecule has 1 aliphatic heterocycles. The lowest BCUT2D eigenvalue weighted by atomic mass is 9.72. The topological polar surface area (TPSA) is 27.0 Å². The van der Waals surface area contributed by atoms with Crippen LogP contribution in [0, 0.1) is 16.7 Å². The number of allylic oxidation sites excluding steroid dienone is 3.